The molecule has 0 heterocycles. The summed E-state index contributed by atoms with van der Waals surface area (Å²) in [7, 11) is 0. The molecule has 0 radical (unpaired) electrons. The number of hydrogen-bond acceptors (Lipinski definition) is 2. The Hall–Kier alpha value is -1.14. The van der Waals surface area contributed by atoms with Crippen LogP contribution in [0.3, 0.4) is 0 Å². The van der Waals surface area contributed by atoms with E-state index < -0.39 is 0 Å². The summed E-state index contributed by atoms with van der Waals surface area (Å²) in [5, 5.41) is 0. The summed E-state index contributed by atoms with van der Waals surface area (Å²) in [5.74, 6) is 0.880. The Labute approximate surface area is 91.8 Å². The van der Waals surface area contributed by atoms with Gasteiger partial charge in [-0.05, 0) is 35.8 Å². The van der Waals surface area contributed by atoms with Crippen molar-refractivity contribution in [2.45, 2.75) is 40.5 Å². The lowest BCUT2D eigenvalue weighted by atomic mass is 9.85. The lowest BCUT2D eigenvalue weighted by Crippen LogP contribution is -2.08. The maximum absolute atomic E-state index is 10.5. The van der Waals surface area contributed by atoms with Crippen LogP contribution in [-0.4, -0.2) is 6.08 Å². The highest BCUT2D eigenvalue weighted by Gasteiger charge is 2.19. The fourth-order valence-electron chi connectivity index (χ4n) is 2.04. The Balaban J connectivity index is 3.20. The van der Waals surface area contributed by atoms with Gasteiger partial charge in [-0.15, -0.1) is 0 Å². The summed E-state index contributed by atoms with van der Waals surface area (Å²) in [6.45, 7) is 8.57. The second-order valence-corrected chi connectivity index (χ2v) is 4.58. The van der Waals surface area contributed by atoms with E-state index in [-0.39, 0.29) is 0 Å². The standard InChI is InChI=1S/C13H19NO/c1-9(2)11-6-5-7-12(10(3)4)13(11)14-8-15/h6,9-10H,5,7H2,1-4H3. The quantitative estimate of drug-likeness (QED) is 0.511. The highest BCUT2D eigenvalue weighted by atomic mass is 16.1. The number of isocyanates is 1. The Bertz CT molecular complexity index is 342. The van der Waals surface area contributed by atoms with E-state index in [0.29, 0.717) is 11.8 Å². The van der Waals surface area contributed by atoms with E-state index >= 15 is 0 Å². The molecule has 0 amide bonds. The van der Waals surface area contributed by atoms with Gasteiger partial charge in [0, 0.05) is 0 Å². The molecular formula is C13H19NO. The second kappa shape index (κ2) is 5.09. The zero-order valence-electron chi connectivity index (χ0n) is 10.0. The Morgan fingerprint density at radius 3 is 2.40 bits per heavy atom. The first-order valence-corrected chi connectivity index (χ1v) is 5.59. The minimum atomic E-state index is 0.422. The van der Waals surface area contributed by atoms with E-state index in [1.807, 2.05) is 0 Å². The minimum absolute atomic E-state index is 0.422. The third-order valence-corrected chi connectivity index (χ3v) is 2.83. The average Bonchev–Trinajstić information content (AvgIpc) is 2.17. The smallest absolute Gasteiger partial charge is 0.211 e. The van der Waals surface area contributed by atoms with Crippen LogP contribution in [0.4, 0.5) is 0 Å². The zero-order chi connectivity index (χ0) is 11.4. The molecule has 0 aromatic heterocycles. The Morgan fingerprint density at radius 2 is 1.93 bits per heavy atom. The van der Waals surface area contributed by atoms with Gasteiger partial charge in [0.1, 0.15) is 0 Å². The molecule has 0 fully saturated rings. The fourth-order valence-corrected chi connectivity index (χ4v) is 2.04. The first-order valence-electron chi connectivity index (χ1n) is 5.59. The number of aliphatic imine (C=N–C) groups is 1. The molecule has 82 valence electrons. The van der Waals surface area contributed by atoms with Crippen LogP contribution >= 0.6 is 0 Å². The molecule has 0 aliphatic heterocycles. The van der Waals surface area contributed by atoms with Crippen LogP contribution in [0.5, 0.6) is 0 Å². The third kappa shape index (κ3) is 2.66. The van der Waals surface area contributed by atoms with Crippen molar-refractivity contribution in [2.24, 2.45) is 16.8 Å². The predicted molar refractivity (Wildman–Crippen MR) is 62.1 cm³/mol. The number of hydrogen-bond donors (Lipinski definition) is 0. The van der Waals surface area contributed by atoms with Gasteiger partial charge >= 0.3 is 0 Å². The van der Waals surface area contributed by atoms with Gasteiger partial charge in [0.15, 0.2) is 0 Å². The van der Waals surface area contributed by atoms with Crippen LogP contribution in [0.1, 0.15) is 40.5 Å². The summed E-state index contributed by atoms with van der Waals surface area (Å²) < 4.78 is 0. The normalized spacial score (nSPS) is 16.8. The molecular weight excluding hydrogens is 186 g/mol. The highest BCUT2D eigenvalue weighted by Crippen LogP contribution is 2.34. The number of allylic oxidation sites excluding steroid dienone is 3. The summed E-state index contributed by atoms with van der Waals surface area (Å²) in [6.07, 6.45) is 5.98. The molecule has 0 aromatic carbocycles. The van der Waals surface area contributed by atoms with Crippen molar-refractivity contribution >= 4 is 6.08 Å². The molecule has 0 atom stereocenters. The maximum Gasteiger partial charge on any atom is 0.240 e. The molecule has 0 bridgehead atoms. The largest absolute Gasteiger partial charge is 0.240 e. The number of rotatable bonds is 3. The van der Waals surface area contributed by atoms with Crippen LogP contribution in [0.25, 0.3) is 0 Å². The molecule has 1 aliphatic rings. The second-order valence-electron chi connectivity index (χ2n) is 4.58. The molecule has 0 spiro atoms. The number of nitrogens with zero attached hydrogens (tertiary/aromatic N) is 1. The van der Waals surface area contributed by atoms with Crippen molar-refractivity contribution in [3.8, 4) is 0 Å². The lowest BCUT2D eigenvalue weighted by Gasteiger charge is -2.22. The molecule has 0 saturated heterocycles. The van der Waals surface area contributed by atoms with E-state index in [1.54, 1.807) is 6.08 Å². The van der Waals surface area contributed by atoms with Crippen molar-refractivity contribution < 1.29 is 4.79 Å². The molecule has 2 nitrogen and oxygen atoms in total. The highest BCUT2D eigenvalue weighted by molar-refractivity contribution is 5.47. The van der Waals surface area contributed by atoms with Crippen molar-refractivity contribution in [3.05, 3.63) is 22.9 Å². The summed E-state index contributed by atoms with van der Waals surface area (Å²) >= 11 is 0. The van der Waals surface area contributed by atoms with Gasteiger partial charge in [-0.3, -0.25) is 0 Å². The van der Waals surface area contributed by atoms with E-state index in [4.69, 9.17) is 0 Å². The van der Waals surface area contributed by atoms with Gasteiger partial charge in [0.25, 0.3) is 0 Å². The summed E-state index contributed by atoms with van der Waals surface area (Å²) in [4.78, 5) is 14.4. The van der Waals surface area contributed by atoms with Crippen molar-refractivity contribution in [2.75, 3.05) is 0 Å². The molecule has 0 aromatic rings. The van der Waals surface area contributed by atoms with Crippen LogP contribution in [0.15, 0.2) is 27.9 Å². The Morgan fingerprint density at radius 1 is 1.27 bits per heavy atom. The monoisotopic (exact) mass is 205 g/mol. The summed E-state index contributed by atoms with van der Waals surface area (Å²) in [6, 6.07) is 0. The van der Waals surface area contributed by atoms with Gasteiger partial charge < -0.3 is 0 Å². The molecule has 0 N–H and O–H groups in total. The van der Waals surface area contributed by atoms with Gasteiger partial charge in [-0.1, -0.05) is 33.8 Å². The molecule has 1 rings (SSSR count). The average molecular weight is 205 g/mol. The molecule has 1 aliphatic carbocycles. The predicted octanol–water partition coefficient (Wildman–Crippen LogP) is 3.61. The SMILES string of the molecule is CC(C)C1=CCCC(C(C)C)=C1N=C=O. The van der Waals surface area contributed by atoms with Crippen molar-refractivity contribution in [1.29, 1.82) is 0 Å². The third-order valence-electron chi connectivity index (χ3n) is 2.83. The van der Waals surface area contributed by atoms with Crippen LogP contribution in [0.2, 0.25) is 0 Å². The van der Waals surface area contributed by atoms with Crippen LogP contribution in [-0.2, 0) is 4.79 Å². The first-order chi connectivity index (χ1) is 7.07. The van der Waals surface area contributed by atoms with Gasteiger partial charge in [0.05, 0.1) is 5.70 Å². The van der Waals surface area contributed by atoms with Crippen LogP contribution < -0.4 is 0 Å². The molecule has 0 saturated carbocycles. The lowest BCUT2D eigenvalue weighted by molar-refractivity contribution is 0.563. The van der Waals surface area contributed by atoms with E-state index in [0.717, 1.165) is 18.5 Å². The number of carbonyl (C=O) groups excluding carboxylic acids is 1. The van der Waals surface area contributed by atoms with Crippen molar-refractivity contribution in [3.63, 3.8) is 0 Å². The maximum atomic E-state index is 10.5. The topological polar surface area (TPSA) is 29.4 Å². The van der Waals surface area contributed by atoms with Crippen LogP contribution in [0, 0.1) is 11.8 Å². The molecule has 0 unspecified atom stereocenters. The van der Waals surface area contributed by atoms with Crippen molar-refractivity contribution in [1.82, 2.24) is 0 Å². The van der Waals surface area contributed by atoms with E-state index in [9.17, 15) is 4.79 Å². The summed E-state index contributed by atoms with van der Waals surface area (Å²) in [5.41, 5.74) is 3.39. The van der Waals surface area contributed by atoms with E-state index in [2.05, 4.69) is 38.8 Å². The van der Waals surface area contributed by atoms with E-state index in [1.165, 1.54) is 11.1 Å². The zero-order valence-corrected chi connectivity index (χ0v) is 10.0. The first kappa shape index (κ1) is 11.9. The van der Waals surface area contributed by atoms with Gasteiger partial charge in [0.2, 0.25) is 6.08 Å². The minimum Gasteiger partial charge on any atom is -0.211 e. The van der Waals surface area contributed by atoms with Gasteiger partial charge in [-0.25, -0.2) is 4.79 Å². The fraction of sp³-hybridized carbons (Fsp3) is 0.615. The Kier molecular flexibility index (Phi) is 4.05. The van der Waals surface area contributed by atoms with Gasteiger partial charge in [-0.2, -0.15) is 4.99 Å². The molecule has 2 heteroatoms. The molecule has 15 heavy (non-hydrogen) atoms.